The highest BCUT2D eigenvalue weighted by Crippen LogP contribution is 2.00. The fourth-order valence-electron chi connectivity index (χ4n) is 0.558. The molecule has 0 aliphatic rings. The van der Waals surface area contributed by atoms with Gasteiger partial charge in [-0.15, -0.1) is 0 Å². The summed E-state index contributed by atoms with van der Waals surface area (Å²) in [6, 6.07) is 0. The molecule has 0 fully saturated rings. The number of rotatable bonds is 3. The van der Waals surface area contributed by atoms with E-state index in [1.807, 2.05) is 0 Å². The van der Waals surface area contributed by atoms with Gasteiger partial charge in [-0.3, -0.25) is 14.9 Å². The monoisotopic (exact) mass is 143 g/mol. The van der Waals surface area contributed by atoms with E-state index in [4.69, 9.17) is 0 Å². The minimum absolute atomic E-state index is 0.237. The maximum Gasteiger partial charge on any atom is 0.241 e. The Balaban J connectivity index is 4.34. The highest BCUT2D eigenvalue weighted by molar-refractivity contribution is 5.92. The molecule has 10 heavy (non-hydrogen) atoms. The lowest BCUT2D eigenvalue weighted by Gasteiger charge is -1.91. The molecule has 0 aliphatic heterocycles. The average Bonchev–Trinajstić information content (AvgIpc) is 1.81. The fourth-order valence-corrected chi connectivity index (χ4v) is 0.558. The van der Waals surface area contributed by atoms with Gasteiger partial charge in [0.05, 0.1) is 10.5 Å². The zero-order chi connectivity index (χ0) is 8.15. The molecule has 0 amide bonds. The Kier molecular flexibility index (Phi) is 3.32. The zero-order valence-electron chi connectivity index (χ0n) is 5.96. The molecular formula is C6H9NO3. The molecule has 0 rings (SSSR count). The van der Waals surface area contributed by atoms with E-state index >= 15 is 0 Å². The van der Waals surface area contributed by atoms with Crippen molar-refractivity contribution in [3.63, 3.8) is 0 Å². The van der Waals surface area contributed by atoms with E-state index in [0.717, 1.165) is 6.20 Å². The van der Waals surface area contributed by atoms with E-state index < -0.39 is 4.92 Å². The van der Waals surface area contributed by atoms with Gasteiger partial charge in [-0.05, 0) is 13.3 Å². The largest absolute Gasteiger partial charge is 0.295 e. The standard InChI is InChI=1S/C6H9NO3/c1-3-6(5(2)8)4-7(9)10/h4H,3H2,1-2H3/b6-4+. The van der Waals surface area contributed by atoms with Gasteiger partial charge in [0.15, 0.2) is 5.78 Å². The predicted molar refractivity (Wildman–Crippen MR) is 36.0 cm³/mol. The second-order valence-electron chi connectivity index (χ2n) is 1.85. The van der Waals surface area contributed by atoms with Crippen molar-refractivity contribution in [2.75, 3.05) is 0 Å². The minimum Gasteiger partial charge on any atom is -0.295 e. The number of carbonyl (C=O) groups excluding carboxylic acids is 1. The van der Waals surface area contributed by atoms with Crippen LogP contribution in [0.4, 0.5) is 0 Å². The molecule has 0 saturated carbocycles. The number of nitro groups is 1. The van der Waals surface area contributed by atoms with Crippen LogP contribution in [-0.2, 0) is 4.79 Å². The van der Waals surface area contributed by atoms with E-state index in [0.29, 0.717) is 6.42 Å². The van der Waals surface area contributed by atoms with E-state index in [-0.39, 0.29) is 11.4 Å². The van der Waals surface area contributed by atoms with Gasteiger partial charge in [0.2, 0.25) is 6.20 Å². The van der Waals surface area contributed by atoms with Crippen LogP contribution in [0.3, 0.4) is 0 Å². The van der Waals surface area contributed by atoms with E-state index in [2.05, 4.69) is 0 Å². The Morgan fingerprint density at radius 2 is 2.20 bits per heavy atom. The lowest BCUT2D eigenvalue weighted by Crippen LogP contribution is -1.98. The molecule has 0 N–H and O–H groups in total. The maximum absolute atomic E-state index is 10.5. The minimum atomic E-state index is -0.611. The summed E-state index contributed by atoms with van der Waals surface area (Å²) in [6.07, 6.45) is 1.17. The molecule has 0 atom stereocenters. The molecule has 0 unspecified atom stereocenters. The molecule has 56 valence electrons. The lowest BCUT2D eigenvalue weighted by molar-refractivity contribution is -0.403. The van der Waals surface area contributed by atoms with Crippen LogP contribution in [-0.4, -0.2) is 10.7 Å². The van der Waals surface area contributed by atoms with Gasteiger partial charge in [-0.2, -0.15) is 0 Å². The third-order valence-corrected chi connectivity index (χ3v) is 1.09. The summed E-state index contributed by atoms with van der Waals surface area (Å²) in [5.74, 6) is -0.237. The highest BCUT2D eigenvalue weighted by Gasteiger charge is 2.04. The summed E-state index contributed by atoms with van der Waals surface area (Å²) in [5.41, 5.74) is 0.255. The highest BCUT2D eigenvalue weighted by atomic mass is 16.6. The molecular weight excluding hydrogens is 134 g/mol. The van der Waals surface area contributed by atoms with Crippen LogP contribution in [0.15, 0.2) is 11.8 Å². The van der Waals surface area contributed by atoms with Crippen LogP contribution in [0.25, 0.3) is 0 Å². The van der Waals surface area contributed by atoms with E-state index in [9.17, 15) is 14.9 Å². The first-order chi connectivity index (χ1) is 4.57. The maximum atomic E-state index is 10.5. The van der Waals surface area contributed by atoms with E-state index in [1.165, 1.54) is 6.92 Å². The number of Topliss-reactive ketones (excluding diaryl/α,β-unsaturated/α-hetero) is 1. The van der Waals surface area contributed by atoms with Crippen LogP contribution in [0.2, 0.25) is 0 Å². The van der Waals surface area contributed by atoms with Crippen molar-refractivity contribution in [1.29, 1.82) is 0 Å². The number of nitrogens with zero attached hydrogens (tertiary/aromatic N) is 1. The smallest absolute Gasteiger partial charge is 0.241 e. The van der Waals surface area contributed by atoms with Gasteiger partial charge < -0.3 is 0 Å². The molecule has 0 aliphatic carbocycles. The van der Waals surface area contributed by atoms with Crippen LogP contribution in [0.5, 0.6) is 0 Å². The zero-order valence-corrected chi connectivity index (χ0v) is 5.96. The number of allylic oxidation sites excluding steroid dienone is 1. The van der Waals surface area contributed by atoms with Gasteiger partial charge in [0, 0.05) is 0 Å². The van der Waals surface area contributed by atoms with Crippen molar-refractivity contribution < 1.29 is 9.72 Å². The van der Waals surface area contributed by atoms with Crippen LogP contribution >= 0.6 is 0 Å². The molecule has 0 bridgehead atoms. The summed E-state index contributed by atoms with van der Waals surface area (Å²) in [7, 11) is 0. The third kappa shape index (κ3) is 2.96. The van der Waals surface area contributed by atoms with Gasteiger partial charge in [-0.25, -0.2) is 0 Å². The first-order valence-electron chi connectivity index (χ1n) is 2.93. The molecule has 0 saturated heterocycles. The quantitative estimate of drug-likeness (QED) is 0.338. The Labute approximate surface area is 58.7 Å². The topological polar surface area (TPSA) is 60.2 Å². The second kappa shape index (κ2) is 3.76. The van der Waals surface area contributed by atoms with Gasteiger partial charge in [0.1, 0.15) is 0 Å². The predicted octanol–water partition coefficient (Wildman–Crippen LogP) is 1.15. The first-order valence-corrected chi connectivity index (χ1v) is 2.93. The Bertz CT molecular complexity index is 183. The first kappa shape index (κ1) is 8.81. The summed E-state index contributed by atoms with van der Waals surface area (Å²) >= 11 is 0. The number of hydrogen-bond acceptors (Lipinski definition) is 3. The van der Waals surface area contributed by atoms with Crippen molar-refractivity contribution >= 4 is 5.78 Å². The summed E-state index contributed by atoms with van der Waals surface area (Å²) < 4.78 is 0. The lowest BCUT2D eigenvalue weighted by atomic mass is 10.1. The summed E-state index contributed by atoms with van der Waals surface area (Å²) in [4.78, 5) is 19.8. The normalized spacial score (nSPS) is 11.2. The fraction of sp³-hybridized carbons (Fsp3) is 0.500. The van der Waals surface area contributed by atoms with Crippen LogP contribution in [0, 0.1) is 10.1 Å². The molecule has 0 aromatic heterocycles. The number of hydrogen-bond donors (Lipinski definition) is 0. The summed E-state index contributed by atoms with van der Waals surface area (Å²) in [6.45, 7) is 3.02. The van der Waals surface area contributed by atoms with Gasteiger partial charge >= 0.3 is 0 Å². The molecule has 0 aromatic rings. The second-order valence-corrected chi connectivity index (χ2v) is 1.85. The number of carbonyl (C=O) groups is 1. The molecule has 0 spiro atoms. The van der Waals surface area contributed by atoms with E-state index in [1.54, 1.807) is 6.92 Å². The van der Waals surface area contributed by atoms with Crippen molar-refractivity contribution in [3.8, 4) is 0 Å². The molecule has 0 aromatic carbocycles. The van der Waals surface area contributed by atoms with Crippen molar-refractivity contribution in [3.05, 3.63) is 21.9 Å². The van der Waals surface area contributed by atoms with Crippen LogP contribution < -0.4 is 0 Å². The van der Waals surface area contributed by atoms with Gasteiger partial charge in [-0.1, -0.05) is 6.92 Å². The van der Waals surface area contributed by atoms with Crippen molar-refractivity contribution in [2.45, 2.75) is 20.3 Å². The average molecular weight is 143 g/mol. The molecule has 0 heterocycles. The summed E-state index contributed by atoms with van der Waals surface area (Å²) in [5, 5.41) is 9.85. The van der Waals surface area contributed by atoms with Crippen molar-refractivity contribution in [1.82, 2.24) is 0 Å². The Hall–Kier alpha value is -1.19. The van der Waals surface area contributed by atoms with Crippen LogP contribution in [0.1, 0.15) is 20.3 Å². The van der Waals surface area contributed by atoms with Gasteiger partial charge in [0.25, 0.3) is 0 Å². The molecule has 4 nitrogen and oxygen atoms in total. The molecule has 0 radical (unpaired) electrons. The third-order valence-electron chi connectivity index (χ3n) is 1.09. The SMILES string of the molecule is CC/C(=C\[N+](=O)[O-])C(C)=O. The molecule has 4 heteroatoms. The Morgan fingerprint density at radius 3 is 2.30 bits per heavy atom. The van der Waals surface area contributed by atoms with Crippen molar-refractivity contribution in [2.24, 2.45) is 0 Å². The Morgan fingerprint density at radius 1 is 1.70 bits per heavy atom. The number of ketones is 1.